The Kier molecular flexibility index (Phi) is 6.32. The minimum absolute atomic E-state index is 0.220. The first-order chi connectivity index (χ1) is 12.3. The lowest BCUT2D eigenvalue weighted by Crippen LogP contribution is -2.24. The number of carbonyl (C=O) groups excluding carboxylic acids is 2. The molecule has 0 fully saturated rings. The highest BCUT2D eigenvalue weighted by molar-refractivity contribution is 7.80. The Morgan fingerprint density at radius 1 is 1.38 bits per heavy atom. The second-order valence-electron chi connectivity index (χ2n) is 5.35. The van der Waals surface area contributed by atoms with Gasteiger partial charge in [-0.05, 0) is 38.0 Å². The Balaban J connectivity index is 2.28. The third-order valence-corrected chi connectivity index (χ3v) is 5.07. The molecule has 10 heteroatoms. The molecule has 0 aromatic carbocycles. The summed E-state index contributed by atoms with van der Waals surface area (Å²) < 4.78 is 6.37. The van der Waals surface area contributed by atoms with Crippen LogP contribution in [0.2, 0.25) is 0 Å². The van der Waals surface area contributed by atoms with E-state index in [-0.39, 0.29) is 10.8 Å². The molecule has 0 saturated carbocycles. The van der Waals surface area contributed by atoms with E-state index in [9.17, 15) is 9.59 Å². The SMILES string of the molecule is CCc1c(C)sc(NC(=S)Nc2cnn(CC)c2C(N)=O)c1C(=O)OC. The van der Waals surface area contributed by atoms with E-state index < -0.39 is 11.9 Å². The number of aryl methyl sites for hydroxylation is 2. The van der Waals surface area contributed by atoms with Crippen molar-refractivity contribution in [2.24, 2.45) is 5.73 Å². The molecule has 0 aliphatic rings. The van der Waals surface area contributed by atoms with Gasteiger partial charge in [-0.3, -0.25) is 9.48 Å². The third kappa shape index (κ3) is 3.86. The summed E-state index contributed by atoms with van der Waals surface area (Å²) in [7, 11) is 1.34. The van der Waals surface area contributed by atoms with E-state index in [1.54, 1.807) is 0 Å². The molecule has 0 unspecified atom stereocenters. The van der Waals surface area contributed by atoms with Crippen molar-refractivity contribution in [1.29, 1.82) is 0 Å². The van der Waals surface area contributed by atoms with Crippen LogP contribution in [-0.4, -0.2) is 33.9 Å². The Hall–Kier alpha value is -2.46. The second-order valence-corrected chi connectivity index (χ2v) is 6.99. The summed E-state index contributed by atoms with van der Waals surface area (Å²) in [5, 5.41) is 10.8. The molecule has 2 aromatic heterocycles. The number of thiophene rings is 1. The molecule has 26 heavy (non-hydrogen) atoms. The molecule has 2 aromatic rings. The zero-order valence-corrected chi connectivity index (χ0v) is 16.6. The number of rotatable bonds is 6. The maximum atomic E-state index is 12.2. The number of amides is 1. The number of methoxy groups -OCH3 is 1. The van der Waals surface area contributed by atoms with Gasteiger partial charge in [0, 0.05) is 11.4 Å². The van der Waals surface area contributed by atoms with Crippen molar-refractivity contribution in [2.45, 2.75) is 33.7 Å². The number of esters is 1. The van der Waals surface area contributed by atoms with Crippen LogP contribution >= 0.6 is 23.6 Å². The lowest BCUT2D eigenvalue weighted by Gasteiger charge is -2.11. The molecule has 0 bridgehead atoms. The lowest BCUT2D eigenvalue weighted by atomic mass is 10.1. The number of ether oxygens (including phenoxy) is 1. The maximum Gasteiger partial charge on any atom is 0.341 e. The average molecular weight is 396 g/mol. The van der Waals surface area contributed by atoms with Gasteiger partial charge in [-0.15, -0.1) is 11.3 Å². The quantitative estimate of drug-likeness (QED) is 0.509. The predicted octanol–water partition coefficient (Wildman–Crippen LogP) is 2.53. The topological polar surface area (TPSA) is 111 Å². The number of nitrogens with zero attached hydrogens (tertiary/aromatic N) is 2. The van der Waals surface area contributed by atoms with Crippen LogP contribution in [0.5, 0.6) is 0 Å². The molecule has 2 rings (SSSR count). The number of thiocarbonyl (C=S) groups is 1. The van der Waals surface area contributed by atoms with Crippen LogP contribution in [-0.2, 0) is 17.7 Å². The summed E-state index contributed by atoms with van der Waals surface area (Å²) in [4.78, 5) is 24.8. The molecule has 1 amide bonds. The molecule has 0 atom stereocenters. The number of primary amides is 1. The van der Waals surface area contributed by atoms with E-state index in [0.29, 0.717) is 29.2 Å². The molecule has 140 valence electrons. The van der Waals surface area contributed by atoms with Crippen LogP contribution in [0.15, 0.2) is 6.20 Å². The number of carbonyl (C=O) groups is 2. The summed E-state index contributed by atoms with van der Waals surface area (Å²) in [6.45, 7) is 6.26. The smallest absolute Gasteiger partial charge is 0.341 e. The van der Waals surface area contributed by atoms with Crippen molar-refractivity contribution in [1.82, 2.24) is 9.78 Å². The third-order valence-electron chi connectivity index (χ3n) is 3.80. The molecule has 2 heterocycles. The normalized spacial score (nSPS) is 10.5. The summed E-state index contributed by atoms with van der Waals surface area (Å²) in [5.74, 6) is -1.03. The number of nitrogens with two attached hydrogens (primary N) is 1. The van der Waals surface area contributed by atoms with Crippen LogP contribution in [0.4, 0.5) is 10.7 Å². The summed E-state index contributed by atoms with van der Waals surface area (Å²) in [5.41, 5.74) is 7.46. The first-order valence-corrected chi connectivity index (χ1v) is 9.20. The van der Waals surface area contributed by atoms with E-state index in [4.69, 9.17) is 22.7 Å². The van der Waals surface area contributed by atoms with Gasteiger partial charge in [-0.2, -0.15) is 5.10 Å². The fourth-order valence-electron chi connectivity index (χ4n) is 2.64. The van der Waals surface area contributed by atoms with Crippen molar-refractivity contribution in [3.63, 3.8) is 0 Å². The van der Waals surface area contributed by atoms with Crippen molar-refractivity contribution in [3.8, 4) is 0 Å². The van der Waals surface area contributed by atoms with Crippen molar-refractivity contribution in [2.75, 3.05) is 17.7 Å². The van der Waals surface area contributed by atoms with Crippen LogP contribution in [0.3, 0.4) is 0 Å². The van der Waals surface area contributed by atoms with Gasteiger partial charge in [0.1, 0.15) is 10.7 Å². The Labute approximate surface area is 160 Å². The molecule has 0 radical (unpaired) electrons. The van der Waals surface area contributed by atoms with Crippen molar-refractivity contribution >= 4 is 51.2 Å². The van der Waals surface area contributed by atoms with E-state index in [0.717, 1.165) is 10.4 Å². The highest BCUT2D eigenvalue weighted by atomic mass is 32.1. The van der Waals surface area contributed by atoms with E-state index >= 15 is 0 Å². The monoisotopic (exact) mass is 395 g/mol. The molecule has 4 N–H and O–H groups in total. The summed E-state index contributed by atoms with van der Waals surface area (Å²) >= 11 is 6.74. The zero-order valence-electron chi connectivity index (χ0n) is 15.0. The second kappa shape index (κ2) is 8.28. The minimum Gasteiger partial charge on any atom is -0.465 e. The fraction of sp³-hybridized carbons (Fsp3) is 0.375. The van der Waals surface area contributed by atoms with Crippen molar-refractivity contribution < 1.29 is 14.3 Å². The standard InChI is InChI=1S/C16H21N5O3S2/c1-5-9-8(3)26-14(11(9)15(23)24-4)20-16(25)19-10-7-18-21(6-2)12(10)13(17)22/h7H,5-6H2,1-4H3,(H2,17,22)(H2,19,20,25). The summed E-state index contributed by atoms with van der Waals surface area (Å²) in [6, 6.07) is 0. The summed E-state index contributed by atoms with van der Waals surface area (Å²) in [6.07, 6.45) is 2.18. The fourth-order valence-corrected chi connectivity index (χ4v) is 4.06. The molecule has 0 spiro atoms. The first kappa shape index (κ1) is 19.9. The largest absolute Gasteiger partial charge is 0.465 e. The average Bonchev–Trinajstić information content (AvgIpc) is 3.14. The molecule has 0 saturated heterocycles. The van der Waals surface area contributed by atoms with Gasteiger partial charge in [-0.25, -0.2) is 4.79 Å². The maximum absolute atomic E-state index is 12.2. The van der Waals surface area contributed by atoms with Gasteiger partial charge in [0.15, 0.2) is 5.11 Å². The number of anilines is 2. The van der Waals surface area contributed by atoms with Gasteiger partial charge in [0.05, 0.1) is 24.6 Å². The van der Waals surface area contributed by atoms with Crippen LogP contribution in [0.1, 0.15) is 45.1 Å². The Morgan fingerprint density at radius 2 is 2.08 bits per heavy atom. The number of aromatic nitrogens is 2. The van der Waals surface area contributed by atoms with Crippen LogP contribution < -0.4 is 16.4 Å². The van der Waals surface area contributed by atoms with Crippen molar-refractivity contribution in [3.05, 3.63) is 27.9 Å². The molecule has 0 aliphatic heterocycles. The van der Waals surface area contributed by atoms with Gasteiger partial charge in [0.2, 0.25) is 0 Å². The highest BCUT2D eigenvalue weighted by Gasteiger charge is 2.23. The van der Waals surface area contributed by atoms with Gasteiger partial charge in [0.25, 0.3) is 5.91 Å². The molecular formula is C16H21N5O3S2. The molecule has 8 nitrogen and oxygen atoms in total. The van der Waals surface area contributed by atoms with E-state index in [1.165, 1.54) is 29.3 Å². The van der Waals surface area contributed by atoms with Gasteiger partial charge in [-0.1, -0.05) is 6.92 Å². The number of hydrogen-bond donors (Lipinski definition) is 3. The zero-order chi connectivity index (χ0) is 19.4. The Bertz CT molecular complexity index is 856. The predicted molar refractivity (Wildman–Crippen MR) is 106 cm³/mol. The molecule has 0 aliphatic carbocycles. The van der Waals surface area contributed by atoms with Crippen LogP contribution in [0, 0.1) is 6.92 Å². The number of nitrogens with one attached hydrogen (secondary N) is 2. The van der Waals surface area contributed by atoms with Crippen LogP contribution in [0.25, 0.3) is 0 Å². The lowest BCUT2D eigenvalue weighted by molar-refractivity contribution is 0.0601. The van der Waals surface area contributed by atoms with Gasteiger partial charge >= 0.3 is 5.97 Å². The molecular weight excluding hydrogens is 374 g/mol. The van der Waals surface area contributed by atoms with Gasteiger partial charge < -0.3 is 21.1 Å². The van der Waals surface area contributed by atoms with E-state index in [2.05, 4.69) is 15.7 Å². The Morgan fingerprint density at radius 3 is 2.62 bits per heavy atom. The highest BCUT2D eigenvalue weighted by Crippen LogP contribution is 2.34. The first-order valence-electron chi connectivity index (χ1n) is 7.98. The van der Waals surface area contributed by atoms with E-state index in [1.807, 2.05) is 20.8 Å². The number of hydrogen-bond acceptors (Lipinski definition) is 6. The minimum atomic E-state index is -0.606.